The Labute approximate surface area is 116 Å². The van der Waals surface area contributed by atoms with Crippen LogP contribution in [0.4, 0.5) is 0 Å². The molecule has 1 aromatic heterocycles. The molecule has 2 unspecified atom stereocenters. The molecular weight excluding hydrogens is 300 g/mol. The molecule has 0 aliphatic heterocycles. The lowest BCUT2D eigenvalue weighted by atomic mass is 9.98. The molecule has 0 radical (unpaired) electrons. The second kappa shape index (κ2) is 6.73. The zero-order chi connectivity index (χ0) is 12.9. The maximum atomic E-state index is 9.34. The monoisotopic (exact) mass is 318 g/mol. The summed E-state index contributed by atoms with van der Waals surface area (Å²) < 4.78 is 0.991. The third-order valence-corrected chi connectivity index (χ3v) is 4.23. The Morgan fingerprint density at radius 1 is 1.59 bits per heavy atom. The lowest BCUT2D eigenvalue weighted by Crippen LogP contribution is -2.45. The Hall–Kier alpha value is -0.100. The van der Waals surface area contributed by atoms with Gasteiger partial charge in [-0.1, -0.05) is 6.92 Å². The summed E-state index contributed by atoms with van der Waals surface area (Å²) in [5, 5.41) is 13.9. The van der Waals surface area contributed by atoms with Gasteiger partial charge in [0.2, 0.25) is 0 Å². The number of thioether (sulfide) groups is 1. The summed E-state index contributed by atoms with van der Waals surface area (Å²) in [6.45, 7) is 4.32. The van der Waals surface area contributed by atoms with Crippen molar-refractivity contribution in [3.63, 3.8) is 0 Å². The van der Waals surface area contributed by atoms with Gasteiger partial charge < -0.3 is 10.4 Å². The van der Waals surface area contributed by atoms with Crippen LogP contribution in [0.1, 0.15) is 20.3 Å². The first kappa shape index (κ1) is 15.0. The fraction of sp³-hybridized carbons (Fsp3) is 0.583. The number of aliphatic hydroxyl groups is 1. The van der Waals surface area contributed by atoms with Gasteiger partial charge in [0, 0.05) is 21.5 Å². The highest BCUT2D eigenvalue weighted by Crippen LogP contribution is 2.27. The molecule has 0 fully saturated rings. The summed E-state index contributed by atoms with van der Waals surface area (Å²) in [4.78, 5) is 4.33. The molecule has 2 N–H and O–H groups in total. The summed E-state index contributed by atoms with van der Waals surface area (Å²) in [5.74, 6) is 0. The van der Waals surface area contributed by atoms with Crippen LogP contribution in [0.15, 0.2) is 27.8 Å². The molecule has 0 bridgehead atoms. The Morgan fingerprint density at radius 3 is 2.76 bits per heavy atom. The highest BCUT2D eigenvalue weighted by Gasteiger charge is 2.24. The number of aliphatic hydroxyl groups excluding tert-OH is 1. The van der Waals surface area contributed by atoms with Crippen LogP contribution < -0.4 is 5.32 Å². The number of nitrogens with zero attached hydrogens (tertiary/aromatic N) is 1. The van der Waals surface area contributed by atoms with Gasteiger partial charge in [0.15, 0.2) is 0 Å². The zero-order valence-electron chi connectivity index (χ0n) is 10.4. The zero-order valence-corrected chi connectivity index (χ0v) is 12.8. The van der Waals surface area contributed by atoms with Crippen LogP contribution in [0, 0.1) is 0 Å². The highest BCUT2D eigenvalue weighted by atomic mass is 79.9. The van der Waals surface area contributed by atoms with Gasteiger partial charge in [-0.2, -0.15) is 0 Å². The fourth-order valence-electron chi connectivity index (χ4n) is 1.56. The number of aromatic nitrogens is 1. The minimum atomic E-state index is -0.220. The quantitative estimate of drug-likeness (QED) is 0.792. The van der Waals surface area contributed by atoms with Crippen molar-refractivity contribution in [2.24, 2.45) is 0 Å². The minimum absolute atomic E-state index is 0.141. The van der Waals surface area contributed by atoms with Crippen molar-refractivity contribution in [2.45, 2.75) is 36.1 Å². The Balaban J connectivity index is 2.54. The Bertz CT molecular complexity index is 341. The van der Waals surface area contributed by atoms with E-state index in [0.717, 1.165) is 15.9 Å². The lowest BCUT2D eigenvalue weighted by molar-refractivity contribution is 0.174. The van der Waals surface area contributed by atoms with Gasteiger partial charge in [0.1, 0.15) is 0 Å². The molecule has 0 aliphatic rings. The number of hydrogen-bond acceptors (Lipinski definition) is 4. The lowest BCUT2D eigenvalue weighted by Gasteiger charge is -2.29. The van der Waals surface area contributed by atoms with Crippen LogP contribution in [0.5, 0.6) is 0 Å². The number of hydrogen-bond donors (Lipinski definition) is 2. The van der Waals surface area contributed by atoms with E-state index in [9.17, 15) is 5.11 Å². The van der Waals surface area contributed by atoms with Crippen LogP contribution in [0.2, 0.25) is 0 Å². The largest absolute Gasteiger partial charge is 0.394 e. The topological polar surface area (TPSA) is 45.1 Å². The van der Waals surface area contributed by atoms with Gasteiger partial charge in [-0.25, -0.2) is 4.98 Å². The molecule has 5 heteroatoms. The molecule has 1 rings (SSSR count). The molecule has 0 spiro atoms. The number of nitrogens with one attached hydrogen (secondary N) is 1. The Morgan fingerprint density at radius 2 is 2.29 bits per heavy atom. The van der Waals surface area contributed by atoms with Gasteiger partial charge in [-0.15, -0.1) is 11.8 Å². The number of rotatable bonds is 6. The molecule has 0 saturated heterocycles. The molecule has 0 aliphatic carbocycles. The first-order valence-corrected chi connectivity index (χ1v) is 7.24. The van der Waals surface area contributed by atoms with E-state index in [-0.39, 0.29) is 12.1 Å². The number of pyridine rings is 1. The maximum Gasteiger partial charge on any atom is 0.0963 e. The van der Waals surface area contributed by atoms with Crippen molar-refractivity contribution in [3.8, 4) is 0 Å². The van der Waals surface area contributed by atoms with Crippen molar-refractivity contribution in [1.29, 1.82) is 0 Å². The van der Waals surface area contributed by atoms with Gasteiger partial charge in [-0.3, -0.25) is 0 Å². The fourth-order valence-corrected chi connectivity index (χ4v) is 2.92. The average Bonchev–Trinajstić information content (AvgIpc) is 2.32. The standard InChI is InChI=1S/C12H19BrN2OS/c1-9(6-12(2,8-16)14-3)17-11-5-4-10(13)7-15-11/h4-5,7,9,14,16H,6,8H2,1-3H3. The smallest absolute Gasteiger partial charge is 0.0963 e. The molecule has 2 atom stereocenters. The van der Waals surface area contributed by atoms with E-state index in [2.05, 4.69) is 33.2 Å². The first-order valence-electron chi connectivity index (χ1n) is 5.57. The molecule has 3 nitrogen and oxygen atoms in total. The molecule has 17 heavy (non-hydrogen) atoms. The second-order valence-electron chi connectivity index (χ2n) is 4.42. The van der Waals surface area contributed by atoms with Crippen LogP contribution in [-0.2, 0) is 0 Å². The molecule has 0 amide bonds. The van der Waals surface area contributed by atoms with E-state index in [1.165, 1.54) is 0 Å². The molecule has 1 heterocycles. The van der Waals surface area contributed by atoms with Crippen molar-refractivity contribution >= 4 is 27.7 Å². The molecule has 0 saturated carbocycles. The molecule has 0 aromatic carbocycles. The van der Waals surface area contributed by atoms with Crippen LogP contribution >= 0.6 is 27.7 Å². The maximum absolute atomic E-state index is 9.34. The number of halogens is 1. The third-order valence-electron chi connectivity index (χ3n) is 2.71. The molecule has 96 valence electrons. The van der Waals surface area contributed by atoms with Crippen molar-refractivity contribution in [3.05, 3.63) is 22.8 Å². The van der Waals surface area contributed by atoms with Crippen molar-refractivity contribution < 1.29 is 5.11 Å². The van der Waals surface area contributed by atoms with Gasteiger partial charge in [0.25, 0.3) is 0 Å². The van der Waals surface area contributed by atoms with Crippen molar-refractivity contribution in [1.82, 2.24) is 10.3 Å². The van der Waals surface area contributed by atoms with Crippen LogP contribution in [-0.4, -0.2) is 34.5 Å². The van der Waals surface area contributed by atoms with E-state index in [0.29, 0.717) is 5.25 Å². The third kappa shape index (κ3) is 4.95. The van der Waals surface area contributed by atoms with E-state index in [4.69, 9.17) is 0 Å². The predicted octanol–water partition coefficient (Wildman–Crippen LogP) is 2.69. The normalized spacial score (nSPS) is 16.5. The summed E-state index contributed by atoms with van der Waals surface area (Å²) in [6, 6.07) is 3.99. The molecule has 1 aromatic rings. The average molecular weight is 319 g/mol. The predicted molar refractivity (Wildman–Crippen MR) is 76.4 cm³/mol. The van der Waals surface area contributed by atoms with Crippen LogP contribution in [0.3, 0.4) is 0 Å². The van der Waals surface area contributed by atoms with E-state index >= 15 is 0 Å². The minimum Gasteiger partial charge on any atom is -0.394 e. The summed E-state index contributed by atoms with van der Waals surface area (Å²) >= 11 is 5.09. The number of likely N-dealkylation sites (N-methyl/N-ethyl adjacent to an activating group) is 1. The van der Waals surface area contributed by atoms with Crippen molar-refractivity contribution in [2.75, 3.05) is 13.7 Å². The molecular formula is C12H19BrN2OS. The van der Waals surface area contributed by atoms with E-state index < -0.39 is 0 Å². The highest BCUT2D eigenvalue weighted by molar-refractivity contribution is 9.10. The Kier molecular flexibility index (Phi) is 5.92. The first-order chi connectivity index (χ1) is 7.99. The summed E-state index contributed by atoms with van der Waals surface area (Å²) in [7, 11) is 1.88. The van der Waals surface area contributed by atoms with E-state index in [1.807, 2.05) is 26.1 Å². The summed E-state index contributed by atoms with van der Waals surface area (Å²) in [5.41, 5.74) is -0.220. The van der Waals surface area contributed by atoms with Gasteiger partial charge in [-0.05, 0) is 48.5 Å². The SMILES string of the molecule is CNC(C)(CO)CC(C)Sc1ccc(Br)cn1. The van der Waals surface area contributed by atoms with Gasteiger partial charge >= 0.3 is 0 Å². The van der Waals surface area contributed by atoms with E-state index in [1.54, 1.807) is 18.0 Å². The van der Waals surface area contributed by atoms with Gasteiger partial charge in [0.05, 0.1) is 11.6 Å². The second-order valence-corrected chi connectivity index (χ2v) is 6.79. The van der Waals surface area contributed by atoms with Crippen LogP contribution in [0.25, 0.3) is 0 Å². The summed E-state index contributed by atoms with van der Waals surface area (Å²) in [6.07, 6.45) is 2.70.